The first-order valence-corrected chi connectivity index (χ1v) is 7.13. The van der Waals surface area contributed by atoms with Gasteiger partial charge in [0, 0.05) is 25.4 Å². The highest BCUT2D eigenvalue weighted by Crippen LogP contribution is 2.23. The number of carbonyl (C=O) groups excluding carboxylic acids is 1. The van der Waals surface area contributed by atoms with Gasteiger partial charge in [-0.05, 0) is 19.3 Å². The van der Waals surface area contributed by atoms with Crippen molar-refractivity contribution in [1.29, 1.82) is 0 Å². The molecule has 17 heavy (non-hydrogen) atoms. The van der Waals surface area contributed by atoms with Crippen LogP contribution in [0.1, 0.15) is 58.3 Å². The zero-order chi connectivity index (χ0) is 12.7. The van der Waals surface area contributed by atoms with Crippen molar-refractivity contribution in [1.82, 2.24) is 4.90 Å². The van der Waals surface area contributed by atoms with Gasteiger partial charge in [-0.2, -0.15) is 0 Å². The molecule has 1 rings (SSSR count). The number of thiocarbonyl (C=S) groups is 1. The van der Waals surface area contributed by atoms with E-state index in [-0.39, 0.29) is 5.91 Å². The van der Waals surface area contributed by atoms with Gasteiger partial charge in [0.2, 0.25) is 5.91 Å². The second kappa shape index (κ2) is 7.64. The summed E-state index contributed by atoms with van der Waals surface area (Å²) in [5, 5.41) is 0. The molecule has 3 nitrogen and oxygen atoms in total. The molecule has 1 amide bonds. The Bertz CT molecular complexity index is 262. The van der Waals surface area contributed by atoms with Gasteiger partial charge in [-0.1, -0.05) is 38.4 Å². The zero-order valence-electron chi connectivity index (χ0n) is 10.8. The maximum absolute atomic E-state index is 12.1. The van der Waals surface area contributed by atoms with Crippen LogP contribution >= 0.6 is 12.2 Å². The SMILES string of the molecule is CCCC(=O)N(CCC(N)=S)C1CCCCC1. The van der Waals surface area contributed by atoms with Crippen LogP contribution in [0, 0.1) is 0 Å². The van der Waals surface area contributed by atoms with Crippen molar-refractivity contribution in [2.45, 2.75) is 64.3 Å². The van der Waals surface area contributed by atoms with Crippen LogP contribution < -0.4 is 5.73 Å². The van der Waals surface area contributed by atoms with Gasteiger partial charge in [-0.25, -0.2) is 0 Å². The van der Waals surface area contributed by atoms with Crippen molar-refractivity contribution in [3.8, 4) is 0 Å². The topological polar surface area (TPSA) is 46.3 Å². The molecule has 0 aliphatic heterocycles. The van der Waals surface area contributed by atoms with Crippen molar-refractivity contribution in [2.75, 3.05) is 6.54 Å². The van der Waals surface area contributed by atoms with Crippen molar-refractivity contribution in [3.63, 3.8) is 0 Å². The van der Waals surface area contributed by atoms with Gasteiger partial charge in [0.05, 0.1) is 4.99 Å². The third-order valence-corrected chi connectivity index (χ3v) is 3.60. The van der Waals surface area contributed by atoms with Crippen LogP contribution in [0.3, 0.4) is 0 Å². The number of hydrogen-bond acceptors (Lipinski definition) is 2. The molecule has 0 aromatic heterocycles. The maximum Gasteiger partial charge on any atom is 0.222 e. The van der Waals surface area contributed by atoms with Crippen molar-refractivity contribution in [3.05, 3.63) is 0 Å². The summed E-state index contributed by atoms with van der Waals surface area (Å²) in [4.78, 5) is 14.6. The monoisotopic (exact) mass is 256 g/mol. The van der Waals surface area contributed by atoms with Gasteiger partial charge in [-0.3, -0.25) is 4.79 Å². The van der Waals surface area contributed by atoms with Crippen LogP contribution in [0.4, 0.5) is 0 Å². The summed E-state index contributed by atoms with van der Waals surface area (Å²) in [5.74, 6) is 0.274. The summed E-state index contributed by atoms with van der Waals surface area (Å²) < 4.78 is 0. The Hall–Kier alpha value is -0.640. The molecule has 1 fully saturated rings. The van der Waals surface area contributed by atoms with Gasteiger partial charge in [0.15, 0.2) is 0 Å². The molecule has 0 heterocycles. The van der Waals surface area contributed by atoms with E-state index >= 15 is 0 Å². The Kier molecular flexibility index (Phi) is 6.48. The Morgan fingerprint density at radius 3 is 2.47 bits per heavy atom. The van der Waals surface area contributed by atoms with Crippen LogP contribution in [0.15, 0.2) is 0 Å². The molecule has 0 aromatic rings. The summed E-state index contributed by atoms with van der Waals surface area (Å²) >= 11 is 4.91. The molecule has 0 radical (unpaired) electrons. The van der Waals surface area contributed by atoms with E-state index in [0.29, 0.717) is 30.4 Å². The minimum atomic E-state index is 0.274. The summed E-state index contributed by atoms with van der Waals surface area (Å²) in [6.07, 6.45) is 8.30. The molecular formula is C13H24N2OS. The van der Waals surface area contributed by atoms with Gasteiger partial charge in [0.25, 0.3) is 0 Å². The number of hydrogen-bond donors (Lipinski definition) is 1. The van der Waals surface area contributed by atoms with Crippen LogP contribution in [0.5, 0.6) is 0 Å². The lowest BCUT2D eigenvalue weighted by Crippen LogP contribution is -2.42. The number of carbonyl (C=O) groups is 1. The molecule has 1 aliphatic carbocycles. The molecule has 0 saturated heterocycles. The summed E-state index contributed by atoms with van der Waals surface area (Å²) in [6, 6.07) is 0.428. The normalized spacial score (nSPS) is 16.8. The molecule has 0 unspecified atom stereocenters. The molecule has 98 valence electrons. The van der Waals surface area contributed by atoms with E-state index in [0.717, 1.165) is 19.3 Å². The van der Waals surface area contributed by atoms with E-state index < -0.39 is 0 Å². The summed E-state index contributed by atoms with van der Waals surface area (Å²) in [7, 11) is 0. The van der Waals surface area contributed by atoms with Crippen LogP contribution in [0.2, 0.25) is 0 Å². The number of amides is 1. The van der Waals surface area contributed by atoms with E-state index in [9.17, 15) is 4.79 Å². The fourth-order valence-electron chi connectivity index (χ4n) is 2.49. The molecule has 0 aromatic carbocycles. The van der Waals surface area contributed by atoms with E-state index in [1.54, 1.807) is 0 Å². The van der Waals surface area contributed by atoms with Crippen molar-refractivity contribution in [2.24, 2.45) is 5.73 Å². The highest BCUT2D eigenvalue weighted by Gasteiger charge is 2.24. The Balaban J connectivity index is 2.56. The summed E-state index contributed by atoms with van der Waals surface area (Å²) in [5.41, 5.74) is 5.54. The number of rotatable bonds is 6. The van der Waals surface area contributed by atoms with Crippen molar-refractivity contribution >= 4 is 23.1 Å². The van der Waals surface area contributed by atoms with Gasteiger partial charge in [-0.15, -0.1) is 0 Å². The predicted octanol–water partition coefficient (Wildman–Crippen LogP) is 2.62. The lowest BCUT2D eigenvalue weighted by Gasteiger charge is -2.34. The molecule has 0 spiro atoms. The fraction of sp³-hybridized carbons (Fsp3) is 0.846. The number of nitrogens with two attached hydrogens (primary N) is 1. The average Bonchev–Trinajstić information content (AvgIpc) is 2.30. The first kappa shape index (κ1) is 14.4. The third-order valence-electron chi connectivity index (χ3n) is 3.40. The minimum absolute atomic E-state index is 0.274. The molecule has 4 heteroatoms. The Morgan fingerprint density at radius 2 is 1.94 bits per heavy atom. The standard InChI is InChI=1S/C13H24N2OS/c1-2-6-13(16)15(10-9-12(14)17)11-7-4-3-5-8-11/h11H,2-10H2,1H3,(H2,14,17). The fourth-order valence-corrected chi connectivity index (χ4v) is 2.58. The highest BCUT2D eigenvalue weighted by molar-refractivity contribution is 7.80. The quantitative estimate of drug-likeness (QED) is 0.743. The maximum atomic E-state index is 12.1. The van der Waals surface area contributed by atoms with Gasteiger partial charge < -0.3 is 10.6 Å². The largest absolute Gasteiger partial charge is 0.393 e. The van der Waals surface area contributed by atoms with E-state index in [1.807, 2.05) is 11.8 Å². The first-order chi connectivity index (χ1) is 8.15. The van der Waals surface area contributed by atoms with Gasteiger partial charge >= 0.3 is 0 Å². The van der Waals surface area contributed by atoms with E-state index in [2.05, 4.69) is 0 Å². The van der Waals surface area contributed by atoms with Crippen LogP contribution in [-0.2, 0) is 4.79 Å². The Morgan fingerprint density at radius 1 is 1.29 bits per heavy atom. The molecule has 2 N–H and O–H groups in total. The first-order valence-electron chi connectivity index (χ1n) is 6.73. The zero-order valence-corrected chi connectivity index (χ0v) is 11.6. The number of nitrogens with zero attached hydrogens (tertiary/aromatic N) is 1. The molecule has 1 aliphatic rings. The molecule has 1 saturated carbocycles. The molecule has 0 atom stereocenters. The van der Waals surface area contributed by atoms with Crippen molar-refractivity contribution < 1.29 is 4.79 Å². The lowest BCUT2D eigenvalue weighted by atomic mass is 9.93. The highest BCUT2D eigenvalue weighted by atomic mass is 32.1. The van der Waals surface area contributed by atoms with E-state index in [1.165, 1.54) is 19.3 Å². The predicted molar refractivity (Wildman–Crippen MR) is 74.9 cm³/mol. The Labute approximate surface area is 110 Å². The second-order valence-corrected chi connectivity index (χ2v) is 5.37. The second-order valence-electron chi connectivity index (χ2n) is 4.85. The molecule has 0 bridgehead atoms. The summed E-state index contributed by atoms with van der Waals surface area (Å²) in [6.45, 7) is 2.75. The van der Waals surface area contributed by atoms with E-state index in [4.69, 9.17) is 18.0 Å². The average molecular weight is 256 g/mol. The minimum Gasteiger partial charge on any atom is -0.393 e. The van der Waals surface area contributed by atoms with Crippen LogP contribution in [0.25, 0.3) is 0 Å². The smallest absolute Gasteiger partial charge is 0.222 e. The van der Waals surface area contributed by atoms with Gasteiger partial charge in [0.1, 0.15) is 0 Å². The van der Waals surface area contributed by atoms with Crippen LogP contribution in [-0.4, -0.2) is 28.4 Å². The third kappa shape index (κ3) is 5.02. The lowest BCUT2D eigenvalue weighted by molar-refractivity contribution is -0.134. The molecular weight excluding hydrogens is 232 g/mol.